The minimum atomic E-state index is -0.210. The van der Waals surface area contributed by atoms with E-state index in [0.717, 1.165) is 24.0 Å². The number of hydrogen-bond donors (Lipinski definition) is 1. The number of fused-ring (bicyclic) bond motifs is 1. The van der Waals surface area contributed by atoms with Crippen molar-refractivity contribution in [2.75, 3.05) is 6.61 Å². The molecular formula is C23H23N3O3. The van der Waals surface area contributed by atoms with Gasteiger partial charge in [0.05, 0.1) is 16.6 Å². The summed E-state index contributed by atoms with van der Waals surface area (Å²) >= 11 is 0. The minimum Gasteiger partial charge on any atom is -0.489 e. The molecule has 0 unspecified atom stereocenters. The van der Waals surface area contributed by atoms with Crippen molar-refractivity contribution in [3.05, 3.63) is 76.4 Å². The average Bonchev–Trinajstić information content (AvgIpc) is 3.51. The first-order chi connectivity index (χ1) is 13.9. The van der Waals surface area contributed by atoms with E-state index in [-0.39, 0.29) is 17.5 Å². The molecule has 1 aliphatic rings. The Hall–Kier alpha value is -3.41. The highest BCUT2D eigenvalue weighted by Gasteiger charge is 2.24. The van der Waals surface area contributed by atoms with E-state index >= 15 is 0 Å². The van der Waals surface area contributed by atoms with Crippen LogP contribution in [0.1, 0.15) is 35.7 Å². The SMILES string of the molecule is C=C(C)COc1ccc2ncn(-c3cc(C(=O)NC4CC4)ccc3C)c(=O)c2c1. The quantitative estimate of drug-likeness (QED) is 0.655. The maximum atomic E-state index is 13.2. The zero-order valence-electron chi connectivity index (χ0n) is 16.6. The van der Waals surface area contributed by atoms with Crippen LogP contribution in [0.4, 0.5) is 0 Å². The third kappa shape index (κ3) is 4.06. The lowest BCUT2D eigenvalue weighted by molar-refractivity contribution is 0.0951. The van der Waals surface area contributed by atoms with E-state index in [1.165, 1.54) is 10.9 Å². The molecule has 1 N–H and O–H groups in total. The number of carbonyl (C=O) groups excluding carboxylic acids is 1. The lowest BCUT2D eigenvalue weighted by Crippen LogP contribution is -2.26. The predicted molar refractivity (Wildman–Crippen MR) is 113 cm³/mol. The minimum absolute atomic E-state index is 0.119. The number of carbonyl (C=O) groups is 1. The molecule has 0 spiro atoms. The molecule has 1 heterocycles. The van der Waals surface area contributed by atoms with Gasteiger partial charge in [-0.25, -0.2) is 4.98 Å². The Morgan fingerprint density at radius 3 is 2.79 bits per heavy atom. The van der Waals surface area contributed by atoms with Crippen molar-refractivity contribution in [1.82, 2.24) is 14.9 Å². The first kappa shape index (κ1) is 18.9. The summed E-state index contributed by atoms with van der Waals surface area (Å²) in [5.41, 5.74) is 3.33. The molecule has 6 heteroatoms. The van der Waals surface area contributed by atoms with Crippen LogP contribution in [-0.4, -0.2) is 28.1 Å². The fraction of sp³-hybridized carbons (Fsp3) is 0.261. The third-order valence-electron chi connectivity index (χ3n) is 4.86. The normalized spacial score (nSPS) is 13.3. The van der Waals surface area contributed by atoms with Crippen molar-refractivity contribution in [3.8, 4) is 11.4 Å². The van der Waals surface area contributed by atoms with Crippen LogP contribution in [0.2, 0.25) is 0 Å². The van der Waals surface area contributed by atoms with Gasteiger partial charge in [0, 0.05) is 11.6 Å². The van der Waals surface area contributed by atoms with E-state index in [1.54, 1.807) is 30.3 Å². The molecule has 4 rings (SSSR count). The van der Waals surface area contributed by atoms with Crippen LogP contribution >= 0.6 is 0 Å². The molecule has 1 aliphatic carbocycles. The lowest BCUT2D eigenvalue weighted by Gasteiger charge is -2.12. The number of hydrogen-bond acceptors (Lipinski definition) is 4. The highest BCUT2D eigenvalue weighted by molar-refractivity contribution is 5.95. The van der Waals surface area contributed by atoms with Gasteiger partial charge in [-0.3, -0.25) is 14.2 Å². The van der Waals surface area contributed by atoms with Gasteiger partial charge in [-0.1, -0.05) is 12.6 Å². The fourth-order valence-electron chi connectivity index (χ4n) is 3.08. The molecule has 1 saturated carbocycles. The van der Waals surface area contributed by atoms with Crippen molar-refractivity contribution >= 4 is 16.8 Å². The number of aryl methyl sites for hydroxylation is 1. The summed E-state index contributed by atoms with van der Waals surface area (Å²) in [6, 6.07) is 10.9. The van der Waals surface area contributed by atoms with Crippen LogP contribution in [0.25, 0.3) is 16.6 Å². The second-order valence-electron chi connectivity index (χ2n) is 7.59. The summed E-state index contributed by atoms with van der Waals surface area (Å²) in [7, 11) is 0. The number of rotatable bonds is 6. The number of aromatic nitrogens is 2. The Bertz CT molecular complexity index is 1180. The zero-order valence-corrected chi connectivity index (χ0v) is 16.6. The van der Waals surface area contributed by atoms with E-state index in [0.29, 0.717) is 34.5 Å². The molecule has 1 aromatic heterocycles. The molecule has 0 saturated heterocycles. The maximum absolute atomic E-state index is 13.2. The fourth-order valence-corrected chi connectivity index (χ4v) is 3.08. The van der Waals surface area contributed by atoms with Gasteiger partial charge in [0.1, 0.15) is 18.7 Å². The van der Waals surface area contributed by atoms with Gasteiger partial charge < -0.3 is 10.1 Å². The number of ether oxygens (including phenoxy) is 1. The summed E-state index contributed by atoms with van der Waals surface area (Å²) in [5.74, 6) is 0.470. The molecule has 148 valence electrons. The molecule has 0 aliphatic heterocycles. The van der Waals surface area contributed by atoms with Crippen molar-refractivity contribution < 1.29 is 9.53 Å². The van der Waals surface area contributed by atoms with Crippen LogP contribution in [0.5, 0.6) is 5.75 Å². The number of amides is 1. The number of nitrogens with zero attached hydrogens (tertiary/aromatic N) is 2. The molecule has 29 heavy (non-hydrogen) atoms. The monoisotopic (exact) mass is 389 g/mol. The average molecular weight is 389 g/mol. The van der Waals surface area contributed by atoms with E-state index < -0.39 is 0 Å². The smallest absolute Gasteiger partial charge is 0.265 e. The maximum Gasteiger partial charge on any atom is 0.265 e. The van der Waals surface area contributed by atoms with Gasteiger partial charge in [-0.15, -0.1) is 0 Å². The van der Waals surface area contributed by atoms with Crippen LogP contribution in [0, 0.1) is 6.92 Å². The summed E-state index contributed by atoms with van der Waals surface area (Å²) in [6.07, 6.45) is 3.55. The van der Waals surface area contributed by atoms with Crippen LogP contribution in [0.3, 0.4) is 0 Å². The van der Waals surface area contributed by atoms with E-state index in [1.807, 2.05) is 19.9 Å². The zero-order chi connectivity index (χ0) is 20.5. The highest BCUT2D eigenvalue weighted by Crippen LogP contribution is 2.22. The third-order valence-corrected chi connectivity index (χ3v) is 4.86. The standard InChI is InChI=1S/C23H23N3O3/c1-14(2)12-29-18-8-9-20-19(11-18)23(28)26(13-24-20)21-10-16(5-4-15(21)3)22(27)25-17-6-7-17/h4-5,8-11,13,17H,1,6-7,12H2,2-3H3,(H,25,27). The van der Waals surface area contributed by atoms with Crippen LogP contribution in [-0.2, 0) is 0 Å². The Labute approximate surface area is 168 Å². The molecule has 1 amide bonds. The Kier molecular flexibility index (Phi) is 4.92. The first-order valence-electron chi connectivity index (χ1n) is 9.63. The summed E-state index contributed by atoms with van der Waals surface area (Å²) < 4.78 is 7.15. The van der Waals surface area contributed by atoms with Crippen molar-refractivity contribution in [2.24, 2.45) is 0 Å². The largest absolute Gasteiger partial charge is 0.489 e. The van der Waals surface area contributed by atoms with Crippen molar-refractivity contribution in [2.45, 2.75) is 32.7 Å². The summed E-state index contributed by atoms with van der Waals surface area (Å²) in [5, 5.41) is 3.43. The molecule has 3 aromatic rings. The number of nitrogens with one attached hydrogen (secondary N) is 1. The molecule has 2 aromatic carbocycles. The molecule has 0 radical (unpaired) electrons. The van der Waals surface area contributed by atoms with Crippen LogP contribution in [0.15, 0.2) is 59.7 Å². The predicted octanol–water partition coefficient (Wildman–Crippen LogP) is 3.54. The molecular weight excluding hydrogens is 366 g/mol. The summed E-state index contributed by atoms with van der Waals surface area (Å²) in [4.78, 5) is 30.0. The molecule has 0 atom stereocenters. The van der Waals surface area contributed by atoms with Crippen LogP contribution < -0.4 is 15.6 Å². The topological polar surface area (TPSA) is 73.2 Å². The highest BCUT2D eigenvalue weighted by atomic mass is 16.5. The molecule has 6 nitrogen and oxygen atoms in total. The Morgan fingerprint density at radius 1 is 1.28 bits per heavy atom. The summed E-state index contributed by atoms with van der Waals surface area (Å²) in [6.45, 7) is 7.99. The molecule has 0 bridgehead atoms. The first-order valence-corrected chi connectivity index (χ1v) is 9.63. The Balaban J connectivity index is 1.74. The van der Waals surface area contributed by atoms with Crippen molar-refractivity contribution in [3.63, 3.8) is 0 Å². The Morgan fingerprint density at radius 2 is 2.07 bits per heavy atom. The second-order valence-corrected chi connectivity index (χ2v) is 7.59. The second kappa shape index (κ2) is 7.54. The van der Waals surface area contributed by atoms with E-state index in [2.05, 4.69) is 16.9 Å². The van der Waals surface area contributed by atoms with Gasteiger partial charge in [-0.05, 0) is 68.2 Å². The van der Waals surface area contributed by atoms with Gasteiger partial charge >= 0.3 is 0 Å². The van der Waals surface area contributed by atoms with E-state index in [9.17, 15) is 9.59 Å². The molecule has 1 fully saturated rings. The van der Waals surface area contributed by atoms with Gasteiger partial charge in [0.2, 0.25) is 0 Å². The van der Waals surface area contributed by atoms with Gasteiger partial charge in [-0.2, -0.15) is 0 Å². The van der Waals surface area contributed by atoms with Crippen molar-refractivity contribution in [1.29, 1.82) is 0 Å². The number of benzene rings is 2. The van der Waals surface area contributed by atoms with E-state index in [4.69, 9.17) is 4.74 Å². The van der Waals surface area contributed by atoms with Gasteiger partial charge in [0.15, 0.2) is 0 Å². The lowest BCUT2D eigenvalue weighted by atomic mass is 10.1. The van der Waals surface area contributed by atoms with Gasteiger partial charge in [0.25, 0.3) is 11.5 Å².